The normalized spacial score (nSPS) is 30.0. The molecule has 5 rings (SSSR count). The highest BCUT2D eigenvalue weighted by Crippen LogP contribution is 2.58. The third-order valence-corrected chi connectivity index (χ3v) is 13.4. The Hall–Kier alpha value is -2.41. The fourth-order valence-corrected chi connectivity index (χ4v) is 11.6. The van der Waals surface area contributed by atoms with Gasteiger partial charge in [-0.1, -0.05) is 59.7 Å². The van der Waals surface area contributed by atoms with Gasteiger partial charge in [0, 0.05) is 28.4 Å². The second-order valence-electron chi connectivity index (χ2n) is 13.4. The molecular formula is C30H43N3O7Si. The predicted octanol–water partition coefficient (Wildman–Crippen LogP) is 5.15. The predicted molar refractivity (Wildman–Crippen MR) is 156 cm³/mol. The van der Waals surface area contributed by atoms with Gasteiger partial charge in [-0.05, 0) is 44.4 Å². The van der Waals surface area contributed by atoms with E-state index in [2.05, 4.69) is 51.8 Å². The van der Waals surface area contributed by atoms with E-state index in [1.54, 1.807) is 36.5 Å². The van der Waals surface area contributed by atoms with Crippen LogP contribution >= 0.6 is 0 Å². The highest BCUT2D eigenvalue weighted by Gasteiger charge is 2.68. The van der Waals surface area contributed by atoms with Crippen molar-refractivity contribution in [2.24, 2.45) is 0 Å². The van der Waals surface area contributed by atoms with E-state index in [0.29, 0.717) is 18.8 Å². The number of rotatable bonds is 5. The highest BCUT2D eigenvalue weighted by molar-refractivity contribution is 6.73. The maximum absolute atomic E-state index is 13.4. The highest BCUT2D eigenvalue weighted by atomic mass is 28.4. The van der Waals surface area contributed by atoms with Crippen LogP contribution in [0, 0.1) is 0 Å². The van der Waals surface area contributed by atoms with Gasteiger partial charge in [-0.25, -0.2) is 4.79 Å². The lowest BCUT2D eigenvalue weighted by Crippen LogP contribution is -2.67. The molecule has 224 valence electrons. The summed E-state index contributed by atoms with van der Waals surface area (Å²) in [6.07, 6.45) is 2.05. The Morgan fingerprint density at radius 1 is 1.10 bits per heavy atom. The van der Waals surface area contributed by atoms with Crippen LogP contribution in [0.15, 0.2) is 47.4 Å². The number of aromatic nitrogens is 2. The number of anilines is 1. The van der Waals surface area contributed by atoms with Gasteiger partial charge in [0.05, 0.1) is 6.61 Å². The molecule has 41 heavy (non-hydrogen) atoms. The van der Waals surface area contributed by atoms with Gasteiger partial charge in [0.15, 0.2) is 12.5 Å². The number of benzene rings is 1. The molecule has 10 nitrogen and oxygen atoms in total. The Balaban J connectivity index is 1.49. The average Bonchev–Trinajstić information content (AvgIpc) is 3.19. The molecule has 0 saturated carbocycles. The van der Waals surface area contributed by atoms with Gasteiger partial charge in [0.2, 0.25) is 0 Å². The minimum absolute atomic E-state index is 0.153. The van der Waals surface area contributed by atoms with E-state index in [1.165, 1.54) is 4.57 Å². The van der Waals surface area contributed by atoms with Crippen molar-refractivity contribution in [3.63, 3.8) is 0 Å². The maximum atomic E-state index is 13.4. The van der Waals surface area contributed by atoms with E-state index in [9.17, 15) is 9.59 Å². The van der Waals surface area contributed by atoms with Crippen LogP contribution in [0.5, 0.6) is 0 Å². The molecule has 1 unspecified atom stereocenters. The number of fused-ring (bicyclic) bond motifs is 1. The third kappa shape index (κ3) is 5.55. The molecule has 0 spiro atoms. The third-order valence-electron chi connectivity index (χ3n) is 8.30. The van der Waals surface area contributed by atoms with Crippen LogP contribution in [-0.4, -0.2) is 61.3 Å². The molecule has 2 aromatic rings. The standard InChI is InChI=1S/C30H43N3O7Si/c1-28(2,3)41(29(4,5)6)37-19-21-24(40-41)30(7,39-23-15-11-12-18-36-23)26(38-21)33-17-16-22(32-27(33)35)31-25(34)20-13-9-8-10-14-20/h8-10,13-14,16-17,21,23-24,26H,11-12,15,18-19H2,1-7H3,(H,31,32,34,35)/t21-,23?,24-,26-,30-/m1/s1. The zero-order chi connectivity index (χ0) is 29.6. The van der Waals surface area contributed by atoms with Crippen molar-refractivity contribution in [1.82, 2.24) is 9.55 Å². The lowest BCUT2D eigenvalue weighted by Gasteiger charge is -2.55. The van der Waals surface area contributed by atoms with Gasteiger partial charge in [-0.3, -0.25) is 9.36 Å². The van der Waals surface area contributed by atoms with Crippen LogP contribution in [0.4, 0.5) is 5.82 Å². The van der Waals surface area contributed by atoms with Crippen molar-refractivity contribution < 1.29 is 27.9 Å². The summed E-state index contributed by atoms with van der Waals surface area (Å²) in [5, 5.41) is 2.22. The van der Waals surface area contributed by atoms with E-state index in [4.69, 9.17) is 23.1 Å². The monoisotopic (exact) mass is 585 g/mol. The van der Waals surface area contributed by atoms with Gasteiger partial charge >= 0.3 is 14.3 Å². The topological polar surface area (TPSA) is 110 Å². The molecule has 11 heteroatoms. The van der Waals surface area contributed by atoms with Gasteiger partial charge < -0.3 is 28.4 Å². The number of carbonyl (C=O) groups is 1. The summed E-state index contributed by atoms with van der Waals surface area (Å²) in [4.78, 5) is 30.3. The van der Waals surface area contributed by atoms with Crippen molar-refractivity contribution in [2.75, 3.05) is 18.5 Å². The molecule has 4 heterocycles. The fraction of sp³-hybridized carbons (Fsp3) is 0.633. The van der Waals surface area contributed by atoms with Gasteiger partial charge in [0.1, 0.15) is 23.6 Å². The minimum Gasteiger partial charge on any atom is -0.391 e. The van der Waals surface area contributed by atoms with Crippen LogP contribution in [-0.2, 0) is 23.1 Å². The SMILES string of the molecule is CC(C)(C)[Si]1(C(C)(C)C)OC[C@H]2O[C@@H](n3ccc(NC(=O)c4ccccc4)nc3=O)[C@](C)(OC3CCCCO3)[C@@H]2O1. The summed E-state index contributed by atoms with van der Waals surface area (Å²) in [7, 11) is -2.88. The number of nitrogens with zero attached hydrogens (tertiary/aromatic N) is 2. The van der Waals surface area contributed by atoms with Crippen molar-refractivity contribution in [3.8, 4) is 0 Å². The number of nitrogens with one attached hydrogen (secondary N) is 1. The number of ether oxygens (including phenoxy) is 3. The zero-order valence-electron chi connectivity index (χ0n) is 25.1. The molecular weight excluding hydrogens is 542 g/mol. The van der Waals surface area contributed by atoms with E-state index in [0.717, 1.165) is 19.3 Å². The quantitative estimate of drug-likeness (QED) is 0.480. The molecule has 3 aliphatic heterocycles. The van der Waals surface area contributed by atoms with Crippen LogP contribution in [0.2, 0.25) is 10.1 Å². The molecule has 3 saturated heterocycles. The first kappa shape index (κ1) is 30.1. The summed E-state index contributed by atoms with van der Waals surface area (Å²) in [5.41, 5.74) is -1.18. The van der Waals surface area contributed by atoms with Gasteiger partial charge in [0.25, 0.3) is 5.91 Å². The lowest BCUT2D eigenvalue weighted by atomic mass is 9.95. The van der Waals surface area contributed by atoms with Crippen molar-refractivity contribution >= 4 is 20.3 Å². The number of carbonyl (C=O) groups excluding carboxylic acids is 1. The molecule has 0 radical (unpaired) electrons. The van der Waals surface area contributed by atoms with Crippen molar-refractivity contribution in [1.29, 1.82) is 0 Å². The lowest BCUT2D eigenvalue weighted by molar-refractivity contribution is -0.257. The van der Waals surface area contributed by atoms with Crippen LogP contribution in [0.3, 0.4) is 0 Å². The maximum Gasteiger partial charge on any atom is 0.351 e. The van der Waals surface area contributed by atoms with Gasteiger partial charge in [-0.2, -0.15) is 4.98 Å². The zero-order valence-corrected chi connectivity index (χ0v) is 26.1. The summed E-state index contributed by atoms with van der Waals surface area (Å²) >= 11 is 0. The number of amides is 1. The summed E-state index contributed by atoms with van der Waals surface area (Å²) < 4.78 is 34.5. The Kier molecular flexibility index (Phi) is 8.07. The molecule has 3 aliphatic rings. The average molecular weight is 586 g/mol. The first-order chi connectivity index (χ1) is 19.2. The number of hydrogen-bond donors (Lipinski definition) is 1. The molecule has 3 fully saturated rings. The van der Waals surface area contributed by atoms with E-state index >= 15 is 0 Å². The Morgan fingerprint density at radius 2 is 1.80 bits per heavy atom. The second-order valence-corrected chi connectivity index (χ2v) is 18.2. The van der Waals surface area contributed by atoms with E-state index in [1.807, 2.05) is 13.0 Å². The van der Waals surface area contributed by atoms with Crippen LogP contribution < -0.4 is 11.0 Å². The first-order valence-corrected chi connectivity index (χ1v) is 16.3. The fourth-order valence-electron chi connectivity index (χ4n) is 6.52. The smallest absolute Gasteiger partial charge is 0.351 e. The molecule has 0 aliphatic carbocycles. The number of hydrogen-bond acceptors (Lipinski definition) is 8. The Morgan fingerprint density at radius 3 is 2.41 bits per heavy atom. The van der Waals surface area contributed by atoms with Crippen molar-refractivity contribution in [3.05, 3.63) is 58.6 Å². The summed E-state index contributed by atoms with van der Waals surface area (Å²) in [5.74, 6) is -0.197. The van der Waals surface area contributed by atoms with Crippen molar-refractivity contribution in [2.45, 2.75) is 108 Å². The molecule has 1 N–H and O–H groups in total. The Bertz CT molecular complexity index is 1290. The summed E-state index contributed by atoms with van der Waals surface area (Å²) in [6.45, 7) is 15.9. The van der Waals surface area contributed by atoms with Gasteiger partial charge in [-0.15, -0.1) is 0 Å². The van der Waals surface area contributed by atoms with E-state index in [-0.39, 0.29) is 21.8 Å². The molecule has 1 aromatic carbocycles. The van der Waals surface area contributed by atoms with Crippen LogP contribution in [0.25, 0.3) is 0 Å². The molecule has 0 bridgehead atoms. The second kappa shape index (κ2) is 11.0. The Labute approximate surface area is 242 Å². The van der Waals surface area contributed by atoms with Crippen LogP contribution in [0.1, 0.15) is 84.3 Å². The minimum atomic E-state index is -2.88. The molecule has 5 atom stereocenters. The largest absolute Gasteiger partial charge is 0.391 e. The molecule has 1 amide bonds. The summed E-state index contributed by atoms with van der Waals surface area (Å²) in [6, 6.07) is 10.4. The van der Waals surface area contributed by atoms with E-state index < -0.39 is 44.6 Å². The first-order valence-electron chi connectivity index (χ1n) is 14.5. The molecule has 1 aromatic heterocycles.